The molecule has 2 N–H and O–H groups in total. The summed E-state index contributed by atoms with van der Waals surface area (Å²) in [5.41, 5.74) is -0.535. The van der Waals surface area contributed by atoms with E-state index in [1.54, 1.807) is 4.90 Å². The van der Waals surface area contributed by atoms with Gasteiger partial charge in [-0.15, -0.1) is 0 Å². The number of aliphatic hydroxyl groups is 1. The number of nitriles is 1. The summed E-state index contributed by atoms with van der Waals surface area (Å²) in [6, 6.07) is 1.96. The van der Waals surface area contributed by atoms with Gasteiger partial charge in [0.25, 0.3) is 0 Å². The first-order valence-corrected chi connectivity index (χ1v) is 9.22. The zero-order valence-corrected chi connectivity index (χ0v) is 14.0. The zero-order chi connectivity index (χ0) is 16.3. The van der Waals surface area contributed by atoms with Crippen LogP contribution in [0.1, 0.15) is 57.8 Å². The van der Waals surface area contributed by atoms with Crippen LogP contribution in [0.15, 0.2) is 0 Å². The molecular formula is C18H29N3O2. The number of hydrogen-bond donors (Lipinski definition) is 2. The van der Waals surface area contributed by atoms with Crippen LogP contribution in [-0.2, 0) is 4.79 Å². The first-order valence-electron chi connectivity index (χ1n) is 9.22. The van der Waals surface area contributed by atoms with Gasteiger partial charge in [0.15, 0.2) is 0 Å². The van der Waals surface area contributed by atoms with E-state index in [0.29, 0.717) is 24.9 Å². The van der Waals surface area contributed by atoms with Gasteiger partial charge in [-0.25, -0.2) is 0 Å². The number of rotatable bonds is 5. The fourth-order valence-electron chi connectivity index (χ4n) is 4.95. The molecule has 0 radical (unpaired) electrons. The van der Waals surface area contributed by atoms with E-state index in [9.17, 15) is 9.90 Å². The molecule has 2 bridgehead atoms. The molecule has 0 aromatic carbocycles. The summed E-state index contributed by atoms with van der Waals surface area (Å²) in [6.07, 6.45) is 9.49. The second-order valence-electron chi connectivity index (χ2n) is 7.83. The van der Waals surface area contributed by atoms with Gasteiger partial charge < -0.3 is 15.3 Å². The van der Waals surface area contributed by atoms with Gasteiger partial charge in [0.2, 0.25) is 5.91 Å². The van der Waals surface area contributed by atoms with E-state index in [-0.39, 0.29) is 18.5 Å². The second kappa shape index (κ2) is 7.19. The molecule has 3 rings (SSSR count). The van der Waals surface area contributed by atoms with E-state index in [4.69, 9.17) is 5.26 Å². The molecular weight excluding hydrogens is 290 g/mol. The lowest BCUT2D eigenvalue weighted by Gasteiger charge is -2.44. The van der Waals surface area contributed by atoms with Crippen LogP contribution in [-0.4, -0.2) is 47.2 Å². The Hall–Kier alpha value is -1.12. The van der Waals surface area contributed by atoms with Gasteiger partial charge in [-0.1, -0.05) is 19.3 Å². The van der Waals surface area contributed by atoms with Gasteiger partial charge in [0, 0.05) is 6.54 Å². The maximum atomic E-state index is 12.2. The van der Waals surface area contributed by atoms with Crippen LogP contribution in [0.2, 0.25) is 0 Å². The fraction of sp³-hybridized carbons (Fsp3) is 0.889. The lowest BCUT2D eigenvalue weighted by molar-refractivity contribution is -0.130. The molecule has 1 aliphatic heterocycles. The van der Waals surface area contributed by atoms with Crippen molar-refractivity contribution < 1.29 is 9.90 Å². The summed E-state index contributed by atoms with van der Waals surface area (Å²) in [6.45, 7) is 1.65. The Kier molecular flexibility index (Phi) is 5.23. The Morgan fingerprint density at radius 3 is 2.70 bits per heavy atom. The molecule has 0 spiro atoms. The number of nitrogens with one attached hydrogen (secondary N) is 1. The highest BCUT2D eigenvalue weighted by Crippen LogP contribution is 2.45. The minimum absolute atomic E-state index is 0.0153. The monoisotopic (exact) mass is 319 g/mol. The summed E-state index contributed by atoms with van der Waals surface area (Å²) in [4.78, 5) is 13.8. The molecule has 128 valence electrons. The van der Waals surface area contributed by atoms with Gasteiger partial charge in [0.1, 0.15) is 6.04 Å². The lowest BCUT2D eigenvalue weighted by atomic mass is 9.65. The van der Waals surface area contributed by atoms with E-state index in [2.05, 4.69) is 11.4 Å². The van der Waals surface area contributed by atoms with Crippen molar-refractivity contribution in [3.05, 3.63) is 0 Å². The summed E-state index contributed by atoms with van der Waals surface area (Å²) in [5, 5.41) is 23.1. The van der Waals surface area contributed by atoms with Crippen molar-refractivity contribution in [2.24, 2.45) is 11.8 Å². The Morgan fingerprint density at radius 2 is 2.00 bits per heavy atom. The highest BCUT2D eigenvalue weighted by atomic mass is 16.3. The summed E-state index contributed by atoms with van der Waals surface area (Å²) in [7, 11) is 0. The average Bonchev–Trinajstić information content (AvgIpc) is 2.99. The minimum atomic E-state index is -0.535. The number of nitrogens with zero attached hydrogens (tertiary/aromatic N) is 2. The molecule has 2 saturated carbocycles. The zero-order valence-electron chi connectivity index (χ0n) is 14.0. The number of fused-ring (bicyclic) bond motifs is 2. The van der Waals surface area contributed by atoms with Gasteiger partial charge in [-0.05, 0) is 56.9 Å². The van der Waals surface area contributed by atoms with Crippen LogP contribution in [0.25, 0.3) is 0 Å². The molecule has 3 aliphatic rings. The number of hydrogen-bond acceptors (Lipinski definition) is 4. The molecule has 0 aromatic rings. The maximum Gasteiger partial charge on any atom is 0.237 e. The van der Waals surface area contributed by atoms with Gasteiger partial charge >= 0.3 is 0 Å². The molecule has 1 heterocycles. The van der Waals surface area contributed by atoms with E-state index in [1.165, 1.54) is 25.7 Å². The fourth-order valence-corrected chi connectivity index (χ4v) is 4.95. The first-order chi connectivity index (χ1) is 11.1. The van der Waals surface area contributed by atoms with Crippen LogP contribution in [0.3, 0.4) is 0 Å². The van der Waals surface area contributed by atoms with E-state index in [0.717, 1.165) is 32.1 Å². The Bertz CT molecular complexity index is 461. The predicted molar refractivity (Wildman–Crippen MR) is 87.5 cm³/mol. The third kappa shape index (κ3) is 4.05. The van der Waals surface area contributed by atoms with Crippen LogP contribution in [0, 0.1) is 23.2 Å². The number of amides is 1. The molecule has 5 nitrogen and oxygen atoms in total. The summed E-state index contributed by atoms with van der Waals surface area (Å²) in [5.74, 6) is 1.42. The van der Waals surface area contributed by atoms with E-state index >= 15 is 0 Å². The average molecular weight is 319 g/mol. The number of likely N-dealkylation sites (tertiary alicyclic amines) is 1. The van der Waals surface area contributed by atoms with Crippen LogP contribution < -0.4 is 5.32 Å². The molecule has 23 heavy (non-hydrogen) atoms. The maximum absolute atomic E-state index is 12.2. The Labute approximate surface area is 139 Å². The van der Waals surface area contributed by atoms with Gasteiger partial charge in [-0.2, -0.15) is 5.26 Å². The van der Waals surface area contributed by atoms with Crippen molar-refractivity contribution in [3.63, 3.8) is 0 Å². The molecule has 3 fully saturated rings. The Balaban J connectivity index is 1.39. The van der Waals surface area contributed by atoms with Crippen LogP contribution in [0.5, 0.6) is 0 Å². The van der Waals surface area contributed by atoms with E-state index < -0.39 is 5.60 Å². The summed E-state index contributed by atoms with van der Waals surface area (Å²) < 4.78 is 0. The highest BCUT2D eigenvalue weighted by Gasteiger charge is 2.40. The molecule has 5 heteroatoms. The van der Waals surface area contributed by atoms with Crippen molar-refractivity contribution in [1.82, 2.24) is 10.2 Å². The molecule has 1 amide bonds. The second-order valence-corrected chi connectivity index (χ2v) is 7.83. The SMILES string of the molecule is N#C[C@@H]1CCCN1C(=O)CNCCC1(O)CC2CCCC(C2)C1. The number of carbonyl (C=O) groups is 1. The van der Waals surface area contributed by atoms with Gasteiger partial charge in [-0.3, -0.25) is 4.79 Å². The normalized spacial score (nSPS) is 36.7. The molecule has 2 aliphatic carbocycles. The largest absolute Gasteiger partial charge is 0.390 e. The standard InChI is InChI=1S/C18H29N3O2/c19-12-16-5-2-8-21(16)17(22)13-20-7-6-18(23)10-14-3-1-4-15(9-14)11-18/h14-16,20,23H,1-11,13H2/t14?,15?,16-,18?/m0/s1. The van der Waals surface area contributed by atoms with Crippen LogP contribution in [0.4, 0.5) is 0 Å². The lowest BCUT2D eigenvalue weighted by Crippen LogP contribution is -2.44. The predicted octanol–water partition coefficient (Wildman–Crippen LogP) is 1.81. The van der Waals surface area contributed by atoms with Crippen molar-refractivity contribution in [3.8, 4) is 6.07 Å². The minimum Gasteiger partial charge on any atom is -0.390 e. The third-order valence-electron chi connectivity index (χ3n) is 5.99. The quantitative estimate of drug-likeness (QED) is 0.758. The molecule has 2 unspecified atom stereocenters. The molecule has 3 atom stereocenters. The van der Waals surface area contributed by atoms with E-state index in [1.807, 2.05) is 0 Å². The van der Waals surface area contributed by atoms with Gasteiger partial charge in [0.05, 0.1) is 18.2 Å². The van der Waals surface area contributed by atoms with Crippen molar-refractivity contribution >= 4 is 5.91 Å². The van der Waals surface area contributed by atoms with Crippen LogP contribution >= 0.6 is 0 Å². The smallest absolute Gasteiger partial charge is 0.237 e. The van der Waals surface area contributed by atoms with Crippen molar-refractivity contribution in [2.75, 3.05) is 19.6 Å². The molecule has 0 aromatic heterocycles. The summed E-state index contributed by atoms with van der Waals surface area (Å²) >= 11 is 0. The molecule has 1 saturated heterocycles. The first kappa shape index (κ1) is 16.7. The topological polar surface area (TPSA) is 76.4 Å². The Morgan fingerprint density at radius 1 is 1.26 bits per heavy atom. The van der Waals surface area contributed by atoms with Crippen molar-refractivity contribution in [2.45, 2.75) is 69.4 Å². The number of carbonyl (C=O) groups excluding carboxylic acids is 1. The van der Waals surface area contributed by atoms with Crippen molar-refractivity contribution in [1.29, 1.82) is 5.26 Å². The highest BCUT2D eigenvalue weighted by molar-refractivity contribution is 5.79. The third-order valence-corrected chi connectivity index (χ3v) is 5.99.